The smallest absolute Gasteiger partial charge is 0.187 e. The summed E-state index contributed by atoms with van der Waals surface area (Å²) in [6.07, 6.45) is -1.72. The van der Waals surface area contributed by atoms with Crippen LogP contribution < -0.4 is 0 Å². The molecule has 0 spiro atoms. The van der Waals surface area contributed by atoms with E-state index in [9.17, 15) is 0 Å². The maximum atomic E-state index is 6.48. The lowest BCUT2D eigenvalue weighted by molar-refractivity contribution is -0.190. The highest BCUT2D eigenvalue weighted by atomic mass is 16.7. The molecule has 0 aliphatic carbocycles. The number of ether oxygens (including phenoxy) is 5. The van der Waals surface area contributed by atoms with Crippen molar-refractivity contribution in [3.05, 3.63) is 144 Å². The summed E-state index contributed by atoms with van der Waals surface area (Å²) in [6.45, 7) is 2.16. The van der Waals surface area contributed by atoms with Gasteiger partial charge in [0.1, 0.15) is 18.3 Å². The fraction of sp³-hybridized carbons (Fsp3) is 0.273. The molecule has 1 heterocycles. The lowest BCUT2D eigenvalue weighted by Gasteiger charge is -2.25. The van der Waals surface area contributed by atoms with Crippen molar-refractivity contribution in [2.75, 3.05) is 6.61 Å². The Hall–Kier alpha value is -3.32. The molecule has 4 aromatic rings. The van der Waals surface area contributed by atoms with Gasteiger partial charge in [0, 0.05) is 0 Å². The Morgan fingerprint density at radius 1 is 0.447 bits per heavy atom. The Morgan fingerprint density at radius 3 is 1.32 bits per heavy atom. The van der Waals surface area contributed by atoms with Crippen molar-refractivity contribution in [3.8, 4) is 0 Å². The van der Waals surface area contributed by atoms with E-state index in [1.54, 1.807) is 0 Å². The van der Waals surface area contributed by atoms with Crippen LogP contribution in [0, 0.1) is 0 Å². The Kier molecular flexibility index (Phi) is 9.69. The third-order valence-corrected chi connectivity index (χ3v) is 6.49. The monoisotopic (exact) mass is 510 g/mol. The highest BCUT2D eigenvalue weighted by molar-refractivity contribution is 5.16. The normalized spacial score (nSPS) is 20.9. The van der Waals surface area contributed by atoms with Crippen LogP contribution >= 0.6 is 0 Å². The number of hydrogen-bond acceptors (Lipinski definition) is 5. The maximum Gasteiger partial charge on any atom is 0.187 e. The van der Waals surface area contributed by atoms with E-state index in [-0.39, 0.29) is 12.2 Å². The summed E-state index contributed by atoms with van der Waals surface area (Å²) in [5, 5.41) is 0. The molecular weight excluding hydrogens is 476 g/mol. The van der Waals surface area contributed by atoms with Crippen LogP contribution in [0.2, 0.25) is 0 Å². The molecule has 4 aromatic carbocycles. The van der Waals surface area contributed by atoms with Gasteiger partial charge >= 0.3 is 0 Å². The summed E-state index contributed by atoms with van der Waals surface area (Å²) in [4.78, 5) is 0. The third-order valence-electron chi connectivity index (χ3n) is 6.49. The largest absolute Gasteiger partial charge is 0.374 e. The van der Waals surface area contributed by atoms with E-state index >= 15 is 0 Å². The molecule has 1 aliphatic heterocycles. The van der Waals surface area contributed by atoms with Gasteiger partial charge in [-0.3, -0.25) is 0 Å². The summed E-state index contributed by atoms with van der Waals surface area (Å²) < 4.78 is 31.7. The molecule has 4 atom stereocenters. The zero-order chi connectivity index (χ0) is 25.8. The molecule has 196 valence electrons. The minimum Gasteiger partial charge on any atom is -0.374 e. The summed E-state index contributed by atoms with van der Waals surface area (Å²) in [6, 6.07) is 40.5. The molecule has 0 amide bonds. The first-order valence-corrected chi connectivity index (χ1v) is 13.1. The Bertz CT molecular complexity index is 1190. The van der Waals surface area contributed by atoms with Crippen molar-refractivity contribution in [3.63, 3.8) is 0 Å². The van der Waals surface area contributed by atoms with Crippen molar-refractivity contribution in [2.24, 2.45) is 0 Å². The zero-order valence-electron chi connectivity index (χ0n) is 21.4. The van der Waals surface area contributed by atoms with Crippen LogP contribution in [0.25, 0.3) is 0 Å². The van der Waals surface area contributed by atoms with Crippen molar-refractivity contribution in [1.82, 2.24) is 0 Å². The predicted octanol–water partition coefficient (Wildman–Crippen LogP) is 6.32. The summed E-state index contributed by atoms with van der Waals surface area (Å²) in [7, 11) is 0. The van der Waals surface area contributed by atoms with Gasteiger partial charge < -0.3 is 23.7 Å². The zero-order valence-corrected chi connectivity index (χ0v) is 21.4. The lowest BCUT2D eigenvalue weighted by atomic mass is 10.1. The van der Waals surface area contributed by atoms with Crippen molar-refractivity contribution in [1.29, 1.82) is 0 Å². The van der Waals surface area contributed by atoms with Crippen molar-refractivity contribution >= 4 is 0 Å². The maximum absolute atomic E-state index is 6.48. The minimum atomic E-state index is -0.593. The van der Waals surface area contributed by atoms with Gasteiger partial charge in [-0.25, -0.2) is 0 Å². The van der Waals surface area contributed by atoms with Gasteiger partial charge in [0.05, 0.1) is 33.0 Å². The van der Waals surface area contributed by atoms with Crippen molar-refractivity contribution < 1.29 is 23.7 Å². The van der Waals surface area contributed by atoms with Crippen LogP contribution in [0.5, 0.6) is 0 Å². The summed E-state index contributed by atoms with van der Waals surface area (Å²) >= 11 is 0. The number of hydrogen-bond donors (Lipinski definition) is 0. The molecule has 0 saturated carbocycles. The second-order valence-electron chi connectivity index (χ2n) is 9.36. The molecule has 1 saturated heterocycles. The lowest BCUT2D eigenvalue weighted by Crippen LogP contribution is -2.39. The van der Waals surface area contributed by atoms with Gasteiger partial charge in [-0.2, -0.15) is 0 Å². The molecule has 0 unspecified atom stereocenters. The van der Waals surface area contributed by atoms with Gasteiger partial charge in [0.15, 0.2) is 6.29 Å². The fourth-order valence-corrected chi connectivity index (χ4v) is 4.49. The Balaban J connectivity index is 1.31. The van der Waals surface area contributed by atoms with Crippen LogP contribution in [-0.2, 0) is 50.1 Å². The molecule has 5 heteroatoms. The van der Waals surface area contributed by atoms with E-state index in [0.717, 1.165) is 22.3 Å². The molecule has 0 bridgehead atoms. The fourth-order valence-electron chi connectivity index (χ4n) is 4.49. The van der Waals surface area contributed by atoms with Crippen molar-refractivity contribution in [2.45, 2.75) is 51.0 Å². The van der Waals surface area contributed by atoms with E-state index in [4.69, 9.17) is 23.7 Å². The number of benzene rings is 4. The van der Waals surface area contributed by atoms with Crippen LogP contribution in [0.15, 0.2) is 121 Å². The molecular formula is C33H34O5. The minimum absolute atomic E-state index is 0.344. The summed E-state index contributed by atoms with van der Waals surface area (Å²) in [5.74, 6) is 0. The van der Waals surface area contributed by atoms with Gasteiger partial charge in [-0.15, -0.1) is 0 Å². The molecule has 0 radical (unpaired) electrons. The van der Waals surface area contributed by atoms with Crippen LogP contribution in [0.3, 0.4) is 0 Å². The van der Waals surface area contributed by atoms with Gasteiger partial charge in [0.2, 0.25) is 0 Å². The third kappa shape index (κ3) is 7.60. The molecule has 5 nitrogen and oxygen atoms in total. The van der Waals surface area contributed by atoms with E-state index in [2.05, 4.69) is 36.4 Å². The predicted molar refractivity (Wildman–Crippen MR) is 146 cm³/mol. The summed E-state index contributed by atoms with van der Waals surface area (Å²) in [5.41, 5.74) is 4.36. The molecule has 0 N–H and O–H groups in total. The van der Waals surface area contributed by atoms with Gasteiger partial charge in [0.25, 0.3) is 0 Å². The van der Waals surface area contributed by atoms with Gasteiger partial charge in [-0.05, 0) is 22.3 Å². The standard InChI is InChI=1S/C33H34O5/c1-5-13-26(14-6-1)21-34-25-30-31(35-22-27-15-7-2-8-16-27)32(36-23-28-17-9-3-10-18-28)33(38-30)37-24-29-19-11-4-12-20-29/h1-20,30-33H,21-25H2/t30-,31+,32+,33+/m1/s1. The van der Waals surface area contributed by atoms with Crippen LogP contribution in [-0.4, -0.2) is 31.2 Å². The Morgan fingerprint density at radius 2 is 0.842 bits per heavy atom. The first kappa shape index (κ1) is 26.3. The highest BCUT2D eigenvalue weighted by Gasteiger charge is 2.47. The average Bonchev–Trinajstić information content (AvgIpc) is 3.32. The highest BCUT2D eigenvalue weighted by Crippen LogP contribution is 2.30. The molecule has 5 rings (SSSR count). The van der Waals surface area contributed by atoms with Crippen LogP contribution in [0.1, 0.15) is 22.3 Å². The van der Waals surface area contributed by atoms with E-state index in [0.29, 0.717) is 33.0 Å². The Labute approximate surface area is 224 Å². The second kappa shape index (κ2) is 14.0. The van der Waals surface area contributed by atoms with E-state index in [1.807, 2.05) is 84.9 Å². The van der Waals surface area contributed by atoms with Crippen LogP contribution in [0.4, 0.5) is 0 Å². The first-order valence-electron chi connectivity index (χ1n) is 13.1. The van der Waals surface area contributed by atoms with E-state index < -0.39 is 12.4 Å². The topological polar surface area (TPSA) is 46.2 Å². The molecule has 1 aliphatic rings. The van der Waals surface area contributed by atoms with Gasteiger partial charge in [-0.1, -0.05) is 121 Å². The number of rotatable bonds is 13. The SMILES string of the molecule is c1ccc(COC[C@H]2O[C@H](OCc3ccccc3)[C@@H](OCc3ccccc3)[C@H]2OCc2ccccc2)cc1. The van der Waals surface area contributed by atoms with E-state index in [1.165, 1.54) is 0 Å². The average molecular weight is 511 g/mol. The molecule has 38 heavy (non-hydrogen) atoms. The molecule has 0 aromatic heterocycles. The second-order valence-corrected chi connectivity index (χ2v) is 9.36. The first-order chi connectivity index (χ1) is 18.8. The quantitative estimate of drug-likeness (QED) is 0.211. The molecule has 1 fully saturated rings.